The standard InChI is InChI=1S/C22H48N.C18H32O2/c1-5-7-9-11-13-15-17-19-21-23(3,4)22-20-18-16-14-12-10-8-6-2;1-2-3-4-5-6-7-8-9-10-11-12-13-14-15-16-17-18(19)20/h5-22H2,1-4H3;6-7,9-10H,2-5,8,11-17H2,1H3,(H,19,20)/q+1;/b;7-6-,10-9-. The van der Waals surface area contributed by atoms with Crippen molar-refractivity contribution >= 4 is 5.97 Å². The zero-order valence-corrected chi connectivity index (χ0v) is 30.3. The van der Waals surface area contributed by atoms with Gasteiger partial charge in [0.2, 0.25) is 0 Å². The zero-order chi connectivity index (χ0) is 32.1. The molecule has 0 unspecified atom stereocenters. The zero-order valence-electron chi connectivity index (χ0n) is 30.3. The molecule has 0 radical (unpaired) electrons. The number of nitrogens with zero attached hydrogens (tertiary/aromatic N) is 1. The highest BCUT2D eigenvalue weighted by molar-refractivity contribution is 5.66. The highest BCUT2D eigenvalue weighted by Crippen LogP contribution is 2.13. The third-order valence-electron chi connectivity index (χ3n) is 8.58. The molecule has 256 valence electrons. The van der Waals surface area contributed by atoms with Crippen LogP contribution in [0.15, 0.2) is 24.3 Å². The Hall–Kier alpha value is -1.09. The van der Waals surface area contributed by atoms with Crippen molar-refractivity contribution in [3.63, 3.8) is 0 Å². The summed E-state index contributed by atoms with van der Waals surface area (Å²) < 4.78 is 1.24. The minimum atomic E-state index is -0.671. The van der Waals surface area contributed by atoms with E-state index in [-0.39, 0.29) is 0 Å². The molecule has 0 aliphatic heterocycles. The third-order valence-corrected chi connectivity index (χ3v) is 8.58. The monoisotopic (exact) mass is 607 g/mol. The van der Waals surface area contributed by atoms with Crippen molar-refractivity contribution in [2.24, 2.45) is 0 Å². The summed E-state index contributed by atoms with van der Waals surface area (Å²) in [6.45, 7) is 9.59. The number of carboxylic acid groups (broad SMARTS) is 1. The van der Waals surface area contributed by atoms with Gasteiger partial charge in [0.25, 0.3) is 0 Å². The molecule has 0 saturated heterocycles. The van der Waals surface area contributed by atoms with Crippen molar-refractivity contribution in [2.45, 2.75) is 201 Å². The number of hydrogen-bond donors (Lipinski definition) is 1. The number of carbonyl (C=O) groups is 1. The molecule has 0 saturated carbocycles. The van der Waals surface area contributed by atoms with Gasteiger partial charge in [0.15, 0.2) is 0 Å². The van der Waals surface area contributed by atoms with E-state index in [2.05, 4.69) is 59.2 Å². The number of rotatable bonds is 32. The molecular weight excluding hydrogens is 526 g/mol. The molecule has 1 N–H and O–H groups in total. The molecule has 0 fully saturated rings. The Labute approximate surface area is 272 Å². The first-order chi connectivity index (χ1) is 20.9. The molecule has 3 nitrogen and oxygen atoms in total. The quantitative estimate of drug-likeness (QED) is 0.0470. The van der Waals surface area contributed by atoms with Gasteiger partial charge < -0.3 is 9.59 Å². The maximum Gasteiger partial charge on any atom is 0.303 e. The lowest BCUT2D eigenvalue weighted by Gasteiger charge is -2.30. The van der Waals surface area contributed by atoms with Gasteiger partial charge in [-0.05, 0) is 64.2 Å². The number of allylic oxidation sites excluding steroid dienone is 4. The van der Waals surface area contributed by atoms with E-state index in [0.717, 1.165) is 25.7 Å². The van der Waals surface area contributed by atoms with E-state index in [1.807, 2.05) is 0 Å². The van der Waals surface area contributed by atoms with E-state index in [4.69, 9.17) is 5.11 Å². The maximum atomic E-state index is 10.3. The van der Waals surface area contributed by atoms with Gasteiger partial charge in [-0.1, -0.05) is 154 Å². The van der Waals surface area contributed by atoms with Gasteiger partial charge in [0.05, 0.1) is 27.2 Å². The van der Waals surface area contributed by atoms with E-state index in [0.29, 0.717) is 6.42 Å². The lowest BCUT2D eigenvalue weighted by Crippen LogP contribution is -2.41. The second kappa shape index (κ2) is 37.1. The van der Waals surface area contributed by atoms with E-state index < -0.39 is 5.97 Å². The highest BCUT2D eigenvalue weighted by Gasteiger charge is 2.13. The van der Waals surface area contributed by atoms with E-state index in [1.54, 1.807) is 0 Å². The van der Waals surface area contributed by atoms with Crippen LogP contribution >= 0.6 is 0 Å². The summed E-state index contributed by atoms with van der Waals surface area (Å²) in [6.07, 6.45) is 45.3. The van der Waals surface area contributed by atoms with Crippen LogP contribution in [-0.4, -0.2) is 42.7 Å². The second-order valence-corrected chi connectivity index (χ2v) is 13.7. The normalized spacial score (nSPS) is 11.8. The Bertz CT molecular complexity index is 573. The average Bonchev–Trinajstić information content (AvgIpc) is 2.98. The number of aliphatic carboxylic acids is 1. The molecule has 0 aromatic heterocycles. The number of hydrogen-bond acceptors (Lipinski definition) is 1. The van der Waals surface area contributed by atoms with Gasteiger partial charge in [-0.3, -0.25) is 4.79 Å². The van der Waals surface area contributed by atoms with Gasteiger partial charge in [-0.2, -0.15) is 0 Å². The minimum Gasteiger partial charge on any atom is -0.481 e. The van der Waals surface area contributed by atoms with Crippen LogP contribution in [0, 0.1) is 0 Å². The first-order valence-corrected chi connectivity index (χ1v) is 19.2. The van der Waals surface area contributed by atoms with Crippen LogP contribution in [-0.2, 0) is 4.79 Å². The van der Waals surface area contributed by atoms with E-state index in [9.17, 15) is 4.79 Å². The summed E-state index contributed by atoms with van der Waals surface area (Å²) >= 11 is 0. The topological polar surface area (TPSA) is 37.3 Å². The van der Waals surface area contributed by atoms with Gasteiger partial charge in [-0.15, -0.1) is 0 Å². The van der Waals surface area contributed by atoms with Gasteiger partial charge >= 0.3 is 5.97 Å². The Kier molecular flexibility index (Phi) is 38.0. The predicted octanol–water partition coefficient (Wildman–Crippen LogP) is 13.2. The molecule has 0 spiro atoms. The first-order valence-electron chi connectivity index (χ1n) is 19.2. The summed E-state index contributed by atoms with van der Waals surface area (Å²) in [4.78, 5) is 10.3. The fourth-order valence-corrected chi connectivity index (χ4v) is 5.55. The Balaban J connectivity index is 0. The molecule has 0 aliphatic carbocycles. The largest absolute Gasteiger partial charge is 0.481 e. The number of unbranched alkanes of at least 4 members (excludes halogenated alkanes) is 22. The van der Waals surface area contributed by atoms with Crippen LogP contribution in [0.5, 0.6) is 0 Å². The molecule has 0 heterocycles. The van der Waals surface area contributed by atoms with Crippen LogP contribution in [0.4, 0.5) is 0 Å². The third kappa shape index (κ3) is 43.1. The molecule has 0 amide bonds. The van der Waals surface area contributed by atoms with Crippen molar-refractivity contribution in [3.05, 3.63) is 24.3 Å². The maximum absolute atomic E-state index is 10.3. The van der Waals surface area contributed by atoms with Crippen molar-refractivity contribution < 1.29 is 14.4 Å². The fraction of sp³-hybridized carbons (Fsp3) is 0.875. The lowest BCUT2D eigenvalue weighted by atomic mass is 10.1. The van der Waals surface area contributed by atoms with Crippen molar-refractivity contribution in [3.8, 4) is 0 Å². The first kappa shape index (κ1) is 44.0. The molecule has 0 bridgehead atoms. The smallest absolute Gasteiger partial charge is 0.303 e. The molecule has 43 heavy (non-hydrogen) atoms. The average molecular weight is 607 g/mol. The van der Waals surface area contributed by atoms with E-state index in [1.165, 1.54) is 165 Å². The number of carboxylic acids is 1. The van der Waals surface area contributed by atoms with Crippen LogP contribution in [0.25, 0.3) is 0 Å². The number of quaternary nitrogens is 1. The molecule has 0 rings (SSSR count). The Morgan fingerprint density at radius 1 is 0.465 bits per heavy atom. The second-order valence-electron chi connectivity index (χ2n) is 13.7. The summed E-state index contributed by atoms with van der Waals surface area (Å²) in [5, 5.41) is 8.50. The SMILES string of the molecule is CCCCC/C=C\C/C=C\CCCCCCCC(=O)O.CCCCCCCCCC[N+](C)(C)CCCCCCCCCC. The molecule has 0 aliphatic rings. The van der Waals surface area contributed by atoms with Crippen molar-refractivity contribution in [1.82, 2.24) is 0 Å². The fourth-order valence-electron chi connectivity index (χ4n) is 5.55. The van der Waals surface area contributed by atoms with Crippen molar-refractivity contribution in [2.75, 3.05) is 27.2 Å². The Morgan fingerprint density at radius 3 is 1.21 bits per heavy atom. The molecule has 0 aromatic carbocycles. The van der Waals surface area contributed by atoms with Crippen LogP contribution < -0.4 is 0 Å². The molecule has 0 atom stereocenters. The van der Waals surface area contributed by atoms with Crippen LogP contribution in [0.1, 0.15) is 201 Å². The van der Waals surface area contributed by atoms with Gasteiger partial charge in [0, 0.05) is 6.42 Å². The molecular formula is C40H80NO2+. The lowest BCUT2D eigenvalue weighted by molar-refractivity contribution is -0.890. The van der Waals surface area contributed by atoms with Gasteiger partial charge in [-0.25, -0.2) is 0 Å². The summed E-state index contributed by atoms with van der Waals surface area (Å²) in [6, 6.07) is 0. The molecule has 3 heteroatoms. The highest BCUT2D eigenvalue weighted by atomic mass is 16.4. The summed E-state index contributed by atoms with van der Waals surface area (Å²) in [7, 11) is 4.87. The van der Waals surface area contributed by atoms with Crippen LogP contribution in [0.3, 0.4) is 0 Å². The van der Waals surface area contributed by atoms with Crippen LogP contribution in [0.2, 0.25) is 0 Å². The van der Waals surface area contributed by atoms with E-state index >= 15 is 0 Å². The Morgan fingerprint density at radius 2 is 0.791 bits per heavy atom. The summed E-state index contributed by atoms with van der Waals surface area (Å²) in [5.41, 5.74) is 0. The minimum absolute atomic E-state index is 0.324. The molecule has 0 aromatic rings. The summed E-state index contributed by atoms with van der Waals surface area (Å²) in [5.74, 6) is -0.671. The van der Waals surface area contributed by atoms with Crippen molar-refractivity contribution in [1.29, 1.82) is 0 Å². The predicted molar refractivity (Wildman–Crippen MR) is 194 cm³/mol. The van der Waals surface area contributed by atoms with Gasteiger partial charge in [0.1, 0.15) is 0 Å².